The Kier molecular flexibility index (Phi) is 16.8. The van der Waals surface area contributed by atoms with E-state index in [0.29, 0.717) is 12.7 Å². The molecule has 3 fully saturated rings. The Bertz CT molecular complexity index is 1420. The number of methoxy groups -OCH3 is 1. The first kappa shape index (κ1) is 46.8. The third-order valence-electron chi connectivity index (χ3n) is 11.1. The lowest BCUT2D eigenvalue weighted by Gasteiger charge is -2.50. The quantitative estimate of drug-likeness (QED) is 0.132. The number of aldehydes is 1. The van der Waals surface area contributed by atoms with Gasteiger partial charge < -0.3 is 62.5 Å². The average Bonchev–Trinajstić information content (AvgIpc) is 3.86. The lowest BCUT2D eigenvalue weighted by Crippen LogP contribution is -2.66. The summed E-state index contributed by atoms with van der Waals surface area (Å²) in [5.41, 5.74) is -1.50. The summed E-state index contributed by atoms with van der Waals surface area (Å²) in [5, 5.41) is 23.4. The minimum Gasteiger partial charge on any atom is -0.462 e. The van der Waals surface area contributed by atoms with Crippen molar-refractivity contribution in [3.8, 4) is 0 Å². The van der Waals surface area contributed by atoms with Crippen LogP contribution >= 0.6 is 0 Å². The third-order valence-corrected chi connectivity index (χ3v) is 11.1. The van der Waals surface area contributed by atoms with Crippen LogP contribution in [0.5, 0.6) is 0 Å². The maximum atomic E-state index is 13.4. The smallest absolute Gasteiger partial charge is 0.309 e. The summed E-state index contributed by atoms with van der Waals surface area (Å²) >= 11 is 0. The number of aliphatic hydroxyl groups excluding tert-OH is 1. The van der Waals surface area contributed by atoms with Crippen molar-refractivity contribution in [2.75, 3.05) is 21.2 Å². The number of hydrogen-bond acceptors (Lipinski definition) is 17. The van der Waals surface area contributed by atoms with E-state index >= 15 is 0 Å². The number of carbonyl (C=O) groups is 5. The number of aliphatic hydroxyl groups is 2. The number of epoxide rings is 1. The average molecular weight is 814 g/mol. The Morgan fingerprint density at radius 3 is 2.30 bits per heavy atom. The number of allylic oxidation sites excluding steroid dienone is 1. The number of nitrogens with zero attached hydrogens (tertiary/aromatic N) is 1. The molecule has 0 saturated carbocycles. The summed E-state index contributed by atoms with van der Waals surface area (Å²) in [4.78, 5) is 65.2. The van der Waals surface area contributed by atoms with Crippen LogP contribution in [0.3, 0.4) is 0 Å². The molecule has 17 nitrogen and oxygen atoms in total. The van der Waals surface area contributed by atoms with Gasteiger partial charge in [0.05, 0.1) is 36.9 Å². The van der Waals surface area contributed by atoms with Crippen molar-refractivity contribution in [1.82, 2.24) is 4.90 Å². The summed E-state index contributed by atoms with van der Waals surface area (Å²) in [5.74, 6) is -3.45. The largest absolute Gasteiger partial charge is 0.462 e. The Balaban J connectivity index is 1.66. The maximum absolute atomic E-state index is 13.4. The van der Waals surface area contributed by atoms with Crippen molar-refractivity contribution in [2.45, 2.75) is 178 Å². The fourth-order valence-electron chi connectivity index (χ4n) is 8.21. The van der Waals surface area contributed by atoms with Gasteiger partial charge in [0.25, 0.3) is 0 Å². The van der Waals surface area contributed by atoms with E-state index in [2.05, 4.69) is 0 Å². The van der Waals surface area contributed by atoms with E-state index in [4.69, 9.17) is 42.6 Å². The molecule has 4 aliphatic heterocycles. The van der Waals surface area contributed by atoms with E-state index in [0.717, 1.165) is 0 Å². The van der Waals surface area contributed by atoms with Gasteiger partial charge in [-0.25, -0.2) is 0 Å². The number of rotatable bonds is 11. The fourth-order valence-corrected chi connectivity index (χ4v) is 8.21. The first-order valence-corrected chi connectivity index (χ1v) is 19.9. The van der Waals surface area contributed by atoms with E-state index in [-0.39, 0.29) is 43.7 Å². The topological polar surface area (TPSA) is 215 Å². The van der Waals surface area contributed by atoms with Gasteiger partial charge >= 0.3 is 17.9 Å². The van der Waals surface area contributed by atoms with Crippen LogP contribution in [0.4, 0.5) is 0 Å². The van der Waals surface area contributed by atoms with Crippen LogP contribution in [0.15, 0.2) is 12.2 Å². The monoisotopic (exact) mass is 813 g/mol. The Hall–Kier alpha value is -2.87. The molecule has 2 N–H and O–H groups in total. The van der Waals surface area contributed by atoms with Crippen LogP contribution in [0, 0.1) is 11.8 Å². The number of hydrogen-bond donors (Lipinski definition) is 2. The van der Waals surface area contributed by atoms with Crippen molar-refractivity contribution in [3.63, 3.8) is 0 Å². The lowest BCUT2D eigenvalue weighted by atomic mass is 9.83. The molecule has 0 bridgehead atoms. The van der Waals surface area contributed by atoms with Gasteiger partial charge in [0.2, 0.25) is 0 Å². The van der Waals surface area contributed by atoms with Crippen LogP contribution in [0.2, 0.25) is 0 Å². The Morgan fingerprint density at radius 2 is 1.70 bits per heavy atom. The molecule has 0 amide bonds. The van der Waals surface area contributed by atoms with Crippen molar-refractivity contribution in [2.24, 2.45) is 11.8 Å². The van der Waals surface area contributed by atoms with Gasteiger partial charge in [0.15, 0.2) is 24.5 Å². The normalized spacial score (nSPS) is 42.7. The number of fused-ring (bicyclic) bond motifs is 1. The second-order valence-electron chi connectivity index (χ2n) is 16.2. The molecular formula is C40H63NO16. The molecule has 57 heavy (non-hydrogen) atoms. The highest BCUT2D eigenvalue weighted by atomic mass is 16.7. The van der Waals surface area contributed by atoms with Gasteiger partial charge in [-0.05, 0) is 66.3 Å². The summed E-state index contributed by atoms with van der Waals surface area (Å²) < 4.78 is 53.9. The van der Waals surface area contributed by atoms with Crippen molar-refractivity contribution in [3.05, 3.63) is 12.2 Å². The Morgan fingerprint density at radius 1 is 1.00 bits per heavy atom. The molecule has 0 unspecified atom stereocenters. The first-order valence-electron chi connectivity index (χ1n) is 19.9. The summed E-state index contributed by atoms with van der Waals surface area (Å²) in [6.07, 6.45) is -8.00. The summed E-state index contributed by atoms with van der Waals surface area (Å²) in [7, 11) is 4.81. The van der Waals surface area contributed by atoms with Crippen LogP contribution < -0.4 is 0 Å². The van der Waals surface area contributed by atoms with Crippen molar-refractivity contribution < 1.29 is 76.8 Å². The molecule has 324 valence electrons. The molecule has 17 heteroatoms. The van der Waals surface area contributed by atoms with Crippen LogP contribution in [-0.4, -0.2) is 158 Å². The minimum atomic E-state index is -1.50. The lowest BCUT2D eigenvalue weighted by molar-refractivity contribution is -0.344. The molecule has 17 atom stereocenters. The van der Waals surface area contributed by atoms with Crippen LogP contribution in [0.1, 0.15) is 87.0 Å². The highest BCUT2D eigenvalue weighted by molar-refractivity contribution is 5.91. The molecule has 0 aromatic carbocycles. The molecule has 4 heterocycles. The van der Waals surface area contributed by atoms with Gasteiger partial charge in [0.1, 0.15) is 48.5 Å². The SMILES string of the molecule is CCC(=O)O[C@H]1[C@H](C)O[C@H](O[C@H]2[C@@H](N(C)C)[C@H](O)[C@@H](O[C@@H]3[C@H](CC=O)C[C@@H](C)C(=O)/C=C\[C@@H]4O[C@H]4C[C@H](C)OC(=O)C[C@H](OC(C)=O)[C@H]3OC)O[C@@H]2C)C[C@@]1(C)O. The van der Waals surface area contributed by atoms with E-state index in [1.807, 2.05) is 0 Å². The molecule has 3 saturated heterocycles. The van der Waals surface area contributed by atoms with Gasteiger partial charge in [-0.2, -0.15) is 0 Å². The maximum Gasteiger partial charge on any atom is 0.309 e. The number of ketones is 1. The number of esters is 3. The molecule has 4 rings (SSSR count). The second kappa shape index (κ2) is 20.4. The highest BCUT2D eigenvalue weighted by Crippen LogP contribution is 2.38. The zero-order valence-electron chi connectivity index (χ0n) is 34.8. The minimum absolute atomic E-state index is 0.0531. The van der Waals surface area contributed by atoms with Crippen molar-refractivity contribution >= 4 is 30.0 Å². The third kappa shape index (κ3) is 12.3. The predicted octanol–water partition coefficient (Wildman–Crippen LogP) is 1.80. The first-order chi connectivity index (χ1) is 26.8. The highest BCUT2D eigenvalue weighted by Gasteiger charge is 2.53. The van der Waals surface area contributed by atoms with Gasteiger partial charge in [0, 0.05) is 45.6 Å². The standard InChI is InChI=1S/C40H63NO16/c1-11-30(45)55-38-23(5)51-32(19-40(38,7)48)56-35-22(4)52-39(34(47)33(35)41(8)9)57-36-25(14-15-42)16-20(2)26(44)12-13-27-28(54-27)17-21(3)50-31(46)18-29(37(36)49-10)53-24(6)43/h12-13,15,20-23,25,27-29,32-39,47-48H,11,14,16-19H2,1-10H3/b13-12-/t20-,21+,22-,23+,25-,27+,28+,29+,32-,33+,34+,35-,36-,37-,38+,39-,40-/m1/s1. The van der Waals surface area contributed by atoms with Crippen molar-refractivity contribution in [1.29, 1.82) is 0 Å². The molecule has 0 spiro atoms. The van der Waals surface area contributed by atoms with Gasteiger partial charge in [-0.1, -0.05) is 13.8 Å². The second-order valence-corrected chi connectivity index (χ2v) is 16.2. The Labute approximate surface area is 334 Å². The van der Waals surface area contributed by atoms with Crippen LogP contribution in [0.25, 0.3) is 0 Å². The summed E-state index contributed by atoms with van der Waals surface area (Å²) in [6.45, 7) is 11.2. The number of cyclic esters (lactones) is 1. The fraction of sp³-hybridized carbons (Fsp3) is 0.825. The molecule has 0 aromatic rings. The van der Waals surface area contributed by atoms with Gasteiger partial charge in [-0.3, -0.25) is 19.2 Å². The van der Waals surface area contributed by atoms with Gasteiger partial charge in [-0.15, -0.1) is 0 Å². The number of likely N-dealkylation sites (N-methyl/N-ethyl adjacent to an activating group) is 1. The molecule has 0 radical (unpaired) electrons. The molecule has 0 aromatic heterocycles. The molecular weight excluding hydrogens is 750 g/mol. The number of carbonyl (C=O) groups excluding carboxylic acids is 5. The van der Waals surface area contributed by atoms with E-state index in [1.165, 1.54) is 20.1 Å². The zero-order chi connectivity index (χ0) is 42.4. The molecule has 0 aliphatic carbocycles. The van der Waals surface area contributed by atoms with E-state index in [1.54, 1.807) is 66.6 Å². The number of ether oxygens (including phenoxy) is 9. The summed E-state index contributed by atoms with van der Waals surface area (Å²) in [6, 6.07) is -0.796. The van der Waals surface area contributed by atoms with Crippen LogP contribution in [-0.2, 0) is 66.6 Å². The predicted molar refractivity (Wildman–Crippen MR) is 199 cm³/mol. The zero-order valence-corrected chi connectivity index (χ0v) is 34.8. The molecule has 4 aliphatic rings. The van der Waals surface area contributed by atoms with E-state index in [9.17, 15) is 34.2 Å². The van der Waals surface area contributed by atoms with E-state index < -0.39 is 115 Å².